The molecule has 3 heterocycles. The number of aryl methyl sites for hydroxylation is 2. The first-order valence-electron chi connectivity index (χ1n) is 7.15. The maximum atomic E-state index is 4.63. The quantitative estimate of drug-likeness (QED) is 0.788. The van der Waals surface area contributed by atoms with E-state index in [0.29, 0.717) is 5.25 Å². The number of nitrogens with zero attached hydrogens (tertiary/aromatic N) is 5. The summed E-state index contributed by atoms with van der Waals surface area (Å²) in [6.07, 6.45) is 0. The molecule has 20 heavy (non-hydrogen) atoms. The Balaban J connectivity index is 1.63. The highest BCUT2D eigenvalue weighted by Crippen LogP contribution is 2.24. The van der Waals surface area contributed by atoms with E-state index in [1.807, 2.05) is 25.6 Å². The van der Waals surface area contributed by atoms with Gasteiger partial charge in [-0.15, -0.1) is 0 Å². The molecule has 5 nitrogen and oxygen atoms in total. The van der Waals surface area contributed by atoms with E-state index >= 15 is 0 Å². The van der Waals surface area contributed by atoms with Crippen LogP contribution in [-0.4, -0.2) is 58.0 Å². The van der Waals surface area contributed by atoms with Crippen LogP contribution in [0.15, 0.2) is 11.1 Å². The van der Waals surface area contributed by atoms with Gasteiger partial charge >= 0.3 is 0 Å². The van der Waals surface area contributed by atoms with Crippen molar-refractivity contribution in [3.05, 3.63) is 17.6 Å². The summed E-state index contributed by atoms with van der Waals surface area (Å²) >= 11 is 1.91. The van der Waals surface area contributed by atoms with Crippen molar-refractivity contribution in [2.75, 3.05) is 37.6 Å². The largest absolute Gasteiger partial charge is 0.353 e. The van der Waals surface area contributed by atoms with Crippen LogP contribution in [-0.2, 0) is 0 Å². The molecule has 1 fully saturated rings. The molecular weight excluding hydrogens is 270 g/mol. The second-order valence-electron chi connectivity index (χ2n) is 5.44. The van der Waals surface area contributed by atoms with Crippen LogP contribution in [0.3, 0.4) is 0 Å². The number of piperazine rings is 1. The number of amidine groups is 1. The highest BCUT2D eigenvalue weighted by atomic mass is 32.2. The van der Waals surface area contributed by atoms with Crippen LogP contribution in [0.5, 0.6) is 0 Å². The van der Waals surface area contributed by atoms with Crippen molar-refractivity contribution in [2.24, 2.45) is 4.99 Å². The zero-order valence-electron chi connectivity index (χ0n) is 12.3. The monoisotopic (exact) mass is 291 g/mol. The van der Waals surface area contributed by atoms with E-state index in [2.05, 4.69) is 37.8 Å². The van der Waals surface area contributed by atoms with Gasteiger partial charge in [0.25, 0.3) is 0 Å². The van der Waals surface area contributed by atoms with Gasteiger partial charge in [-0.25, -0.2) is 9.97 Å². The van der Waals surface area contributed by atoms with Crippen molar-refractivity contribution in [3.8, 4) is 0 Å². The third-order valence-corrected chi connectivity index (χ3v) is 4.77. The van der Waals surface area contributed by atoms with E-state index < -0.39 is 0 Å². The van der Waals surface area contributed by atoms with Crippen LogP contribution in [0.2, 0.25) is 0 Å². The zero-order chi connectivity index (χ0) is 14.1. The van der Waals surface area contributed by atoms with E-state index in [4.69, 9.17) is 0 Å². The summed E-state index contributed by atoms with van der Waals surface area (Å²) in [5.41, 5.74) is 1.04. The van der Waals surface area contributed by atoms with Crippen LogP contribution < -0.4 is 4.90 Å². The average molecular weight is 291 g/mol. The molecule has 1 saturated heterocycles. The lowest BCUT2D eigenvalue weighted by Gasteiger charge is -2.36. The molecule has 0 saturated carbocycles. The second kappa shape index (κ2) is 5.60. The molecule has 0 bridgehead atoms. The molecule has 1 aromatic rings. The van der Waals surface area contributed by atoms with Gasteiger partial charge in [0.1, 0.15) is 11.6 Å². The van der Waals surface area contributed by atoms with Crippen LogP contribution in [0.25, 0.3) is 0 Å². The Hall–Kier alpha value is -1.30. The smallest absolute Gasteiger partial charge is 0.159 e. The van der Waals surface area contributed by atoms with Crippen molar-refractivity contribution >= 4 is 22.7 Å². The summed E-state index contributed by atoms with van der Waals surface area (Å²) in [5, 5.41) is 1.86. The third-order valence-electron chi connectivity index (χ3n) is 3.62. The number of hydrogen-bond acceptors (Lipinski definition) is 6. The van der Waals surface area contributed by atoms with E-state index in [9.17, 15) is 0 Å². The number of anilines is 1. The molecule has 1 atom stereocenters. The molecule has 0 amide bonds. The molecule has 6 heteroatoms. The van der Waals surface area contributed by atoms with Gasteiger partial charge in [-0.3, -0.25) is 4.99 Å². The van der Waals surface area contributed by atoms with Gasteiger partial charge in [0.05, 0.1) is 6.54 Å². The molecular formula is C14H21N5S. The fourth-order valence-electron chi connectivity index (χ4n) is 2.62. The minimum atomic E-state index is 0.634. The van der Waals surface area contributed by atoms with Crippen LogP contribution in [0.1, 0.15) is 18.4 Å². The van der Waals surface area contributed by atoms with Crippen molar-refractivity contribution in [3.63, 3.8) is 0 Å². The Bertz CT molecular complexity index is 502. The van der Waals surface area contributed by atoms with Gasteiger partial charge in [-0.2, -0.15) is 0 Å². The zero-order valence-corrected chi connectivity index (χ0v) is 13.2. The van der Waals surface area contributed by atoms with Crippen LogP contribution in [0, 0.1) is 13.8 Å². The Labute approximate surface area is 124 Å². The Morgan fingerprint density at radius 3 is 2.40 bits per heavy atom. The highest BCUT2D eigenvalue weighted by molar-refractivity contribution is 8.14. The first-order chi connectivity index (χ1) is 9.61. The number of aliphatic imine (C=N–C) groups is 1. The number of hydrogen-bond donors (Lipinski definition) is 0. The summed E-state index contributed by atoms with van der Waals surface area (Å²) < 4.78 is 0. The van der Waals surface area contributed by atoms with Gasteiger partial charge in [0.15, 0.2) is 5.17 Å². The normalized spacial score (nSPS) is 23.1. The van der Waals surface area contributed by atoms with E-state index in [-0.39, 0.29) is 0 Å². The van der Waals surface area contributed by atoms with E-state index in [1.165, 1.54) is 5.17 Å². The summed E-state index contributed by atoms with van der Waals surface area (Å²) in [6.45, 7) is 11.3. The van der Waals surface area contributed by atoms with Gasteiger partial charge in [0, 0.05) is 43.2 Å². The van der Waals surface area contributed by atoms with Crippen molar-refractivity contribution in [1.82, 2.24) is 14.9 Å². The number of aromatic nitrogens is 2. The molecule has 1 unspecified atom stereocenters. The molecule has 0 aliphatic carbocycles. The van der Waals surface area contributed by atoms with E-state index in [0.717, 1.165) is 50.1 Å². The maximum absolute atomic E-state index is 4.63. The average Bonchev–Trinajstić information content (AvgIpc) is 2.84. The third kappa shape index (κ3) is 2.90. The molecule has 1 aromatic heterocycles. The molecule has 0 spiro atoms. The lowest BCUT2D eigenvalue weighted by atomic mass is 10.3. The second-order valence-corrected chi connectivity index (χ2v) is 6.85. The number of rotatable bonds is 1. The van der Waals surface area contributed by atoms with Gasteiger partial charge in [0.2, 0.25) is 0 Å². The fourth-order valence-corrected chi connectivity index (χ4v) is 3.61. The molecule has 0 aromatic carbocycles. The van der Waals surface area contributed by atoms with Gasteiger partial charge in [-0.1, -0.05) is 18.7 Å². The summed E-state index contributed by atoms with van der Waals surface area (Å²) in [6, 6.07) is 2.08. The lowest BCUT2D eigenvalue weighted by Crippen LogP contribution is -2.48. The summed E-state index contributed by atoms with van der Waals surface area (Å²) in [5.74, 6) is 1.91. The maximum Gasteiger partial charge on any atom is 0.159 e. The molecule has 3 rings (SSSR count). The predicted molar refractivity (Wildman–Crippen MR) is 84.6 cm³/mol. The Morgan fingerprint density at radius 2 is 1.80 bits per heavy atom. The summed E-state index contributed by atoms with van der Waals surface area (Å²) in [7, 11) is 0. The highest BCUT2D eigenvalue weighted by Gasteiger charge is 2.25. The first-order valence-corrected chi connectivity index (χ1v) is 8.03. The Kier molecular flexibility index (Phi) is 3.83. The van der Waals surface area contributed by atoms with E-state index in [1.54, 1.807) is 0 Å². The SMILES string of the molecule is Cc1cc(N2CCN(C3=NCC(C)S3)CC2)nc(C)n1. The molecule has 0 N–H and O–H groups in total. The lowest BCUT2D eigenvalue weighted by molar-refractivity contribution is 0.390. The number of thioether (sulfide) groups is 1. The van der Waals surface area contributed by atoms with Gasteiger partial charge in [-0.05, 0) is 13.8 Å². The summed E-state index contributed by atoms with van der Waals surface area (Å²) in [4.78, 5) is 18.3. The fraction of sp³-hybridized carbons (Fsp3) is 0.643. The van der Waals surface area contributed by atoms with Crippen molar-refractivity contribution < 1.29 is 0 Å². The van der Waals surface area contributed by atoms with Crippen LogP contribution >= 0.6 is 11.8 Å². The van der Waals surface area contributed by atoms with Crippen LogP contribution in [0.4, 0.5) is 5.82 Å². The molecule has 0 radical (unpaired) electrons. The molecule has 108 valence electrons. The first kappa shape index (κ1) is 13.7. The Morgan fingerprint density at radius 1 is 1.10 bits per heavy atom. The topological polar surface area (TPSA) is 44.6 Å². The van der Waals surface area contributed by atoms with Crippen molar-refractivity contribution in [1.29, 1.82) is 0 Å². The minimum Gasteiger partial charge on any atom is -0.353 e. The molecule has 2 aliphatic rings. The predicted octanol–water partition coefficient (Wildman–Crippen LogP) is 1.71. The van der Waals surface area contributed by atoms with Crippen molar-refractivity contribution in [2.45, 2.75) is 26.0 Å². The van der Waals surface area contributed by atoms with Gasteiger partial charge < -0.3 is 9.80 Å². The minimum absolute atomic E-state index is 0.634. The standard InChI is InChI=1S/C14H21N5S/c1-10-8-13(17-12(3)16-10)18-4-6-19(7-5-18)14-15-9-11(2)20-14/h8,11H,4-7,9H2,1-3H3. The molecule has 2 aliphatic heterocycles.